The number of hydrogen-bond donors (Lipinski definition) is 1. The monoisotopic (exact) mass is 287 g/mol. The molecule has 0 saturated heterocycles. The molecular weight excluding hydrogens is 270 g/mol. The molecule has 0 radical (unpaired) electrons. The predicted octanol–water partition coefficient (Wildman–Crippen LogP) is 3.29. The number of pyridine rings is 1. The number of aromatic nitrogens is 1. The van der Waals surface area contributed by atoms with Crippen LogP contribution in [0.2, 0.25) is 0 Å². The van der Waals surface area contributed by atoms with E-state index < -0.39 is 5.97 Å². The molecule has 5 nitrogen and oxygen atoms in total. The van der Waals surface area contributed by atoms with Gasteiger partial charge in [0.05, 0.1) is 12.5 Å². The Morgan fingerprint density at radius 1 is 1.29 bits per heavy atom. The fourth-order valence-electron chi connectivity index (χ4n) is 1.80. The normalized spacial score (nSPS) is 10.4. The number of aliphatic carboxylic acids is 1. The zero-order valence-corrected chi connectivity index (χ0v) is 11.9. The average molecular weight is 287 g/mol. The van der Waals surface area contributed by atoms with Crippen LogP contribution in [0.5, 0.6) is 17.4 Å². The largest absolute Gasteiger partial charge is 0.485 e. The number of carboxylic acid groups (broad SMARTS) is 1. The number of carbonyl (C=O) groups is 1. The van der Waals surface area contributed by atoms with Gasteiger partial charge < -0.3 is 14.6 Å². The predicted molar refractivity (Wildman–Crippen MR) is 77.9 cm³/mol. The fraction of sp³-hybridized carbons (Fsp3) is 0.250. The molecule has 0 atom stereocenters. The maximum Gasteiger partial charge on any atom is 0.307 e. The Hall–Kier alpha value is -2.56. The SMILES string of the molecule is CC(C)Oc1cccnc1Oc1cccc(CC(=O)O)c1. The molecular formula is C16H17NO4. The van der Waals surface area contributed by atoms with Crippen molar-refractivity contribution in [1.82, 2.24) is 4.98 Å². The second-order valence-electron chi connectivity index (χ2n) is 4.79. The van der Waals surface area contributed by atoms with Crippen molar-refractivity contribution in [1.29, 1.82) is 0 Å². The van der Waals surface area contributed by atoms with Crippen molar-refractivity contribution in [3.05, 3.63) is 48.2 Å². The van der Waals surface area contributed by atoms with E-state index >= 15 is 0 Å². The summed E-state index contributed by atoms with van der Waals surface area (Å²) >= 11 is 0. The van der Waals surface area contributed by atoms with Gasteiger partial charge in [0.2, 0.25) is 0 Å². The van der Waals surface area contributed by atoms with Crippen molar-refractivity contribution in [3.63, 3.8) is 0 Å². The second kappa shape index (κ2) is 6.74. The number of nitrogens with zero attached hydrogens (tertiary/aromatic N) is 1. The van der Waals surface area contributed by atoms with Crippen LogP contribution in [-0.4, -0.2) is 22.2 Å². The van der Waals surface area contributed by atoms with E-state index in [0.29, 0.717) is 22.9 Å². The van der Waals surface area contributed by atoms with Crippen molar-refractivity contribution in [2.75, 3.05) is 0 Å². The van der Waals surface area contributed by atoms with E-state index in [4.69, 9.17) is 14.6 Å². The molecule has 0 spiro atoms. The van der Waals surface area contributed by atoms with Crippen LogP contribution in [0, 0.1) is 0 Å². The van der Waals surface area contributed by atoms with E-state index in [-0.39, 0.29) is 12.5 Å². The molecule has 1 heterocycles. The van der Waals surface area contributed by atoms with Crippen LogP contribution in [0.1, 0.15) is 19.4 Å². The summed E-state index contributed by atoms with van der Waals surface area (Å²) in [6.45, 7) is 3.84. The number of hydrogen-bond acceptors (Lipinski definition) is 4. The molecule has 2 rings (SSSR count). The number of rotatable bonds is 6. The van der Waals surface area contributed by atoms with Gasteiger partial charge in [-0.2, -0.15) is 0 Å². The summed E-state index contributed by atoms with van der Waals surface area (Å²) in [4.78, 5) is 14.9. The summed E-state index contributed by atoms with van der Waals surface area (Å²) in [6.07, 6.45) is 1.58. The summed E-state index contributed by atoms with van der Waals surface area (Å²) in [5.74, 6) is 0.560. The van der Waals surface area contributed by atoms with Gasteiger partial charge in [-0.05, 0) is 43.7 Å². The van der Waals surface area contributed by atoms with E-state index in [0.717, 1.165) is 0 Å². The molecule has 0 amide bonds. The zero-order chi connectivity index (χ0) is 15.2. The van der Waals surface area contributed by atoms with E-state index in [2.05, 4.69) is 4.98 Å². The minimum absolute atomic E-state index is 0.00916. The number of carboxylic acids is 1. The van der Waals surface area contributed by atoms with Crippen LogP contribution in [0.4, 0.5) is 0 Å². The quantitative estimate of drug-likeness (QED) is 0.883. The van der Waals surface area contributed by atoms with Crippen LogP contribution in [0.15, 0.2) is 42.6 Å². The lowest BCUT2D eigenvalue weighted by molar-refractivity contribution is -0.136. The summed E-state index contributed by atoms with van der Waals surface area (Å²) in [5, 5.41) is 8.82. The van der Waals surface area contributed by atoms with Crippen molar-refractivity contribution in [2.24, 2.45) is 0 Å². The molecule has 1 aromatic heterocycles. The highest BCUT2D eigenvalue weighted by molar-refractivity contribution is 5.70. The van der Waals surface area contributed by atoms with Crippen LogP contribution >= 0.6 is 0 Å². The average Bonchev–Trinajstić information content (AvgIpc) is 2.40. The summed E-state index contributed by atoms with van der Waals surface area (Å²) in [7, 11) is 0. The van der Waals surface area contributed by atoms with Gasteiger partial charge in [0.15, 0.2) is 5.75 Å². The maximum absolute atomic E-state index is 10.7. The number of benzene rings is 1. The lowest BCUT2D eigenvalue weighted by Gasteiger charge is -2.13. The van der Waals surface area contributed by atoms with Crippen molar-refractivity contribution < 1.29 is 19.4 Å². The molecule has 0 saturated carbocycles. The lowest BCUT2D eigenvalue weighted by Crippen LogP contribution is -2.07. The molecule has 0 aliphatic carbocycles. The third-order valence-corrected chi connectivity index (χ3v) is 2.57. The third kappa shape index (κ3) is 4.49. The van der Waals surface area contributed by atoms with Crippen LogP contribution in [-0.2, 0) is 11.2 Å². The highest BCUT2D eigenvalue weighted by Gasteiger charge is 2.10. The fourth-order valence-corrected chi connectivity index (χ4v) is 1.80. The summed E-state index contributed by atoms with van der Waals surface area (Å²) in [5.41, 5.74) is 0.669. The van der Waals surface area contributed by atoms with E-state index in [1.807, 2.05) is 13.8 Å². The molecule has 0 bridgehead atoms. The van der Waals surface area contributed by atoms with Gasteiger partial charge in [-0.3, -0.25) is 4.79 Å². The van der Waals surface area contributed by atoms with Crippen LogP contribution < -0.4 is 9.47 Å². The minimum atomic E-state index is -0.881. The summed E-state index contributed by atoms with van der Waals surface area (Å²) in [6, 6.07) is 10.5. The molecule has 21 heavy (non-hydrogen) atoms. The minimum Gasteiger partial charge on any atom is -0.485 e. The van der Waals surface area contributed by atoms with Crippen LogP contribution in [0.25, 0.3) is 0 Å². The Morgan fingerprint density at radius 3 is 2.81 bits per heavy atom. The molecule has 1 aromatic carbocycles. The van der Waals surface area contributed by atoms with Gasteiger partial charge in [0, 0.05) is 6.20 Å². The molecule has 110 valence electrons. The standard InChI is InChI=1S/C16H17NO4/c1-11(2)20-14-7-4-8-17-16(14)21-13-6-3-5-12(9-13)10-15(18)19/h3-9,11H,10H2,1-2H3,(H,18,19). The van der Waals surface area contributed by atoms with Crippen LogP contribution in [0.3, 0.4) is 0 Å². The molecule has 1 N–H and O–H groups in total. The van der Waals surface area contributed by atoms with Crippen molar-refractivity contribution in [3.8, 4) is 17.4 Å². The van der Waals surface area contributed by atoms with Gasteiger partial charge in [0.25, 0.3) is 5.88 Å². The van der Waals surface area contributed by atoms with Gasteiger partial charge in [-0.15, -0.1) is 0 Å². The van der Waals surface area contributed by atoms with E-state index in [1.54, 1.807) is 42.6 Å². The Balaban J connectivity index is 2.20. The Labute approximate surface area is 123 Å². The smallest absolute Gasteiger partial charge is 0.307 e. The summed E-state index contributed by atoms with van der Waals surface area (Å²) < 4.78 is 11.3. The zero-order valence-electron chi connectivity index (χ0n) is 11.9. The van der Waals surface area contributed by atoms with Gasteiger partial charge in [-0.1, -0.05) is 12.1 Å². The van der Waals surface area contributed by atoms with Gasteiger partial charge in [-0.25, -0.2) is 4.98 Å². The van der Waals surface area contributed by atoms with Crippen molar-refractivity contribution in [2.45, 2.75) is 26.4 Å². The first kappa shape index (κ1) is 14.8. The molecule has 5 heteroatoms. The first-order chi connectivity index (χ1) is 10.0. The highest BCUT2D eigenvalue weighted by Crippen LogP contribution is 2.29. The third-order valence-electron chi connectivity index (χ3n) is 2.57. The molecule has 2 aromatic rings. The maximum atomic E-state index is 10.7. The van der Waals surface area contributed by atoms with Gasteiger partial charge >= 0.3 is 5.97 Å². The first-order valence-corrected chi connectivity index (χ1v) is 6.65. The molecule has 0 aliphatic rings. The highest BCUT2D eigenvalue weighted by atomic mass is 16.5. The Kier molecular flexibility index (Phi) is 4.77. The molecule has 0 unspecified atom stereocenters. The van der Waals surface area contributed by atoms with Gasteiger partial charge in [0.1, 0.15) is 5.75 Å². The topological polar surface area (TPSA) is 68.7 Å². The molecule has 0 aliphatic heterocycles. The van der Waals surface area contributed by atoms with Crippen molar-refractivity contribution >= 4 is 5.97 Å². The van der Waals surface area contributed by atoms with E-state index in [9.17, 15) is 4.79 Å². The lowest BCUT2D eigenvalue weighted by atomic mass is 10.1. The Bertz CT molecular complexity index is 625. The number of ether oxygens (including phenoxy) is 2. The first-order valence-electron chi connectivity index (χ1n) is 6.65. The molecule has 0 fully saturated rings. The Morgan fingerprint density at radius 2 is 2.10 bits per heavy atom. The van der Waals surface area contributed by atoms with E-state index in [1.165, 1.54) is 0 Å². The second-order valence-corrected chi connectivity index (χ2v) is 4.79.